The minimum Gasteiger partial charge on any atom is -0.497 e. The van der Waals surface area contributed by atoms with Crippen LogP contribution in [0.15, 0.2) is 54.2 Å². The number of carbonyl (C=O) groups excluding carboxylic acids is 2. The van der Waals surface area contributed by atoms with Crippen molar-refractivity contribution in [1.82, 2.24) is 4.90 Å². The monoisotopic (exact) mass is 480 g/mol. The van der Waals surface area contributed by atoms with Crippen molar-refractivity contribution >= 4 is 29.3 Å². The molecule has 0 aliphatic carbocycles. The van der Waals surface area contributed by atoms with E-state index in [1.807, 2.05) is 0 Å². The molecule has 33 heavy (non-hydrogen) atoms. The molecule has 2 aliphatic rings. The van der Waals surface area contributed by atoms with E-state index in [9.17, 15) is 22.8 Å². The first-order chi connectivity index (χ1) is 15.6. The average molecular weight is 481 g/mol. The minimum atomic E-state index is -4.92. The number of hydrogen-bond acceptors (Lipinski definition) is 4. The maximum atomic E-state index is 14.8. The third kappa shape index (κ3) is 3.33. The van der Waals surface area contributed by atoms with Crippen LogP contribution < -0.4 is 9.64 Å². The van der Waals surface area contributed by atoms with Crippen LogP contribution in [0.2, 0.25) is 5.02 Å². The summed E-state index contributed by atoms with van der Waals surface area (Å²) in [4.78, 5) is 27.7. The molecule has 2 amide bonds. The lowest BCUT2D eigenvalue weighted by Crippen LogP contribution is -2.63. The van der Waals surface area contributed by atoms with E-state index in [-0.39, 0.29) is 28.4 Å². The highest BCUT2D eigenvalue weighted by molar-refractivity contribution is 6.30. The Morgan fingerprint density at radius 2 is 1.82 bits per heavy atom. The zero-order valence-electron chi connectivity index (χ0n) is 17.9. The molecule has 2 heterocycles. The van der Waals surface area contributed by atoms with Crippen LogP contribution in [0.1, 0.15) is 18.1 Å². The fourth-order valence-corrected chi connectivity index (χ4v) is 4.76. The molecule has 0 bridgehead atoms. The van der Waals surface area contributed by atoms with E-state index in [1.165, 1.54) is 37.1 Å². The van der Waals surface area contributed by atoms with Crippen LogP contribution in [-0.2, 0) is 21.6 Å². The molecule has 2 atom stereocenters. The number of amides is 2. The standard InChI is InChI=1S/C23H20ClF3N2O4/c1-13-17(20(30)33-3)12-29-21(31)28(11-14-4-7-16(32-2)8-5-14)19-9-6-15(24)10-18(19)22(13,29)23(25,26)27/h4-10,12-13H,11H2,1-3H3/t13-,22+/m1/s1. The largest absolute Gasteiger partial charge is 0.497 e. The Bertz CT molecular complexity index is 1150. The van der Waals surface area contributed by atoms with Gasteiger partial charge < -0.3 is 9.47 Å². The number of benzene rings is 2. The van der Waals surface area contributed by atoms with E-state index >= 15 is 0 Å². The molecule has 0 fully saturated rings. The Hall–Kier alpha value is -3.20. The van der Waals surface area contributed by atoms with Gasteiger partial charge in [-0.05, 0) is 35.9 Å². The number of halogens is 4. The number of urea groups is 1. The second-order valence-electron chi connectivity index (χ2n) is 7.81. The van der Waals surface area contributed by atoms with Gasteiger partial charge in [0.05, 0.1) is 32.0 Å². The zero-order valence-corrected chi connectivity index (χ0v) is 18.7. The second kappa shape index (κ2) is 7.98. The first-order valence-corrected chi connectivity index (χ1v) is 10.3. The van der Waals surface area contributed by atoms with Gasteiger partial charge in [0.25, 0.3) is 0 Å². The Balaban J connectivity index is 1.92. The summed E-state index contributed by atoms with van der Waals surface area (Å²) in [6.07, 6.45) is -3.98. The topological polar surface area (TPSA) is 59.1 Å². The van der Waals surface area contributed by atoms with Crippen LogP contribution in [0.25, 0.3) is 0 Å². The molecular formula is C23H20ClF3N2O4. The molecule has 2 aliphatic heterocycles. The molecule has 0 unspecified atom stereocenters. The summed E-state index contributed by atoms with van der Waals surface area (Å²) in [7, 11) is 2.59. The summed E-state index contributed by atoms with van der Waals surface area (Å²) in [6, 6.07) is 9.94. The Morgan fingerprint density at radius 1 is 1.15 bits per heavy atom. The summed E-state index contributed by atoms with van der Waals surface area (Å²) < 4.78 is 54.4. The van der Waals surface area contributed by atoms with Gasteiger partial charge in [0.2, 0.25) is 0 Å². The lowest BCUT2D eigenvalue weighted by Gasteiger charge is -2.49. The fourth-order valence-electron chi connectivity index (χ4n) is 4.59. The first kappa shape index (κ1) is 23.0. The van der Waals surface area contributed by atoms with Crippen LogP contribution in [0, 0.1) is 5.92 Å². The van der Waals surface area contributed by atoms with Crippen molar-refractivity contribution in [3.05, 3.63) is 70.4 Å². The quantitative estimate of drug-likeness (QED) is 0.560. The van der Waals surface area contributed by atoms with Crippen LogP contribution in [0.3, 0.4) is 0 Å². The highest BCUT2D eigenvalue weighted by Gasteiger charge is 2.70. The van der Waals surface area contributed by atoms with E-state index < -0.39 is 29.6 Å². The molecule has 0 aromatic heterocycles. The maximum absolute atomic E-state index is 14.8. The summed E-state index contributed by atoms with van der Waals surface area (Å²) in [5.41, 5.74) is -2.52. The molecule has 0 N–H and O–H groups in total. The van der Waals surface area contributed by atoms with Gasteiger partial charge in [-0.3, -0.25) is 9.80 Å². The third-order valence-corrected chi connectivity index (χ3v) is 6.43. The van der Waals surface area contributed by atoms with E-state index in [0.717, 1.165) is 13.3 Å². The molecule has 4 rings (SSSR count). The average Bonchev–Trinajstić information content (AvgIpc) is 3.11. The molecular weight excluding hydrogens is 461 g/mol. The Kier molecular flexibility index (Phi) is 5.56. The smallest absolute Gasteiger partial charge is 0.417 e. The number of anilines is 1. The van der Waals surface area contributed by atoms with Gasteiger partial charge in [-0.15, -0.1) is 0 Å². The van der Waals surface area contributed by atoms with Crippen LogP contribution in [0.4, 0.5) is 23.7 Å². The molecule has 2 aromatic carbocycles. The first-order valence-electron chi connectivity index (χ1n) is 9.96. The normalized spacial score (nSPS) is 22.0. The van der Waals surface area contributed by atoms with E-state index in [1.54, 1.807) is 24.3 Å². The van der Waals surface area contributed by atoms with Gasteiger partial charge >= 0.3 is 18.2 Å². The maximum Gasteiger partial charge on any atom is 0.417 e. The van der Waals surface area contributed by atoms with Gasteiger partial charge in [-0.1, -0.05) is 30.7 Å². The number of carbonyl (C=O) groups is 2. The summed E-state index contributed by atoms with van der Waals surface area (Å²) in [5.74, 6) is -1.75. The van der Waals surface area contributed by atoms with Crippen molar-refractivity contribution in [2.75, 3.05) is 19.1 Å². The Morgan fingerprint density at radius 3 is 2.39 bits per heavy atom. The van der Waals surface area contributed by atoms with Crippen molar-refractivity contribution < 1.29 is 32.2 Å². The molecule has 174 valence electrons. The minimum absolute atomic E-state index is 0.00231. The van der Waals surface area contributed by atoms with Crippen LogP contribution in [-0.4, -0.2) is 37.3 Å². The number of esters is 1. The van der Waals surface area contributed by atoms with E-state index in [2.05, 4.69) is 0 Å². The van der Waals surface area contributed by atoms with Crippen molar-refractivity contribution in [2.45, 2.75) is 25.2 Å². The van der Waals surface area contributed by atoms with E-state index in [4.69, 9.17) is 21.1 Å². The van der Waals surface area contributed by atoms with E-state index in [0.29, 0.717) is 16.2 Å². The predicted molar refractivity (Wildman–Crippen MR) is 115 cm³/mol. The molecule has 0 saturated heterocycles. The number of alkyl halides is 3. The number of rotatable bonds is 4. The van der Waals surface area contributed by atoms with Gasteiger partial charge in [0.15, 0.2) is 5.54 Å². The second-order valence-corrected chi connectivity index (χ2v) is 8.25. The SMILES string of the molecule is COC(=O)C1=CN2C(=O)N(Cc3ccc(OC)cc3)c3ccc(Cl)cc3[C@]2(C(F)(F)F)[C@@H]1C. The molecule has 0 saturated carbocycles. The van der Waals surface area contributed by atoms with Gasteiger partial charge in [-0.25, -0.2) is 9.59 Å². The lowest BCUT2D eigenvalue weighted by atomic mass is 9.74. The van der Waals surface area contributed by atoms with Gasteiger partial charge in [0, 0.05) is 22.7 Å². The number of hydrogen-bond donors (Lipinski definition) is 0. The van der Waals surface area contributed by atoms with Crippen molar-refractivity contribution in [1.29, 1.82) is 0 Å². The molecule has 0 spiro atoms. The highest BCUT2D eigenvalue weighted by atomic mass is 35.5. The summed E-state index contributed by atoms with van der Waals surface area (Å²) in [5, 5.41) is 0.0785. The molecule has 6 nitrogen and oxygen atoms in total. The highest BCUT2D eigenvalue weighted by Crippen LogP contribution is 2.60. The van der Waals surface area contributed by atoms with Gasteiger partial charge in [-0.2, -0.15) is 13.2 Å². The molecule has 2 aromatic rings. The number of fused-ring (bicyclic) bond motifs is 3. The molecule has 0 radical (unpaired) electrons. The lowest BCUT2D eigenvalue weighted by molar-refractivity contribution is -0.229. The summed E-state index contributed by atoms with van der Waals surface area (Å²) in [6.45, 7) is 1.25. The molecule has 10 heteroatoms. The van der Waals surface area contributed by atoms with Crippen LogP contribution >= 0.6 is 11.6 Å². The van der Waals surface area contributed by atoms with Crippen molar-refractivity contribution in [3.63, 3.8) is 0 Å². The van der Waals surface area contributed by atoms with Crippen LogP contribution in [0.5, 0.6) is 5.75 Å². The zero-order chi connectivity index (χ0) is 24.1. The van der Waals surface area contributed by atoms with Gasteiger partial charge in [0.1, 0.15) is 5.75 Å². The summed E-state index contributed by atoms with van der Waals surface area (Å²) >= 11 is 6.12. The fraction of sp³-hybridized carbons (Fsp3) is 0.304. The number of ether oxygens (including phenoxy) is 2. The number of nitrogens with zero attached hydrogens (tertiary/aromatic N) is 2. The van der Waals surface area contributed by atoms with Crippen molar-refractivity contribution in [2.24, 2.45) is 5.92 Å². The third-order valence-electron chi connectivity index (χ3n) is 6.19. The Labute approximate surface area is 193 Å². The van der Waals surface area contributed by atoms with Crippen molar-refractivity contribution in [3.8, 4) is 5.75 Å². The predicted octanol–water partition coefficient (Wildman–Crippen LogP) is 5.26. The number of methoxy groups -OCH3 is 2.